The number of benzene rings is 1. The first-order valence-corrected chi connectivity index (χ1v) is 8.85. The van der Waals surface area contributed by atoms with Crippen molar-refractivity contribution in [1.29, 1.82) is 0 Å². The number of pyridine rings is 1. The summed E-state index contributed by atoms with van der Waals surface area (Å²) in [6.07, 6.45) is 3.09. The van der Waals surface area contributed by atoms with E-state index in [1.54, 1.807) is 42.5 Å². The highest BCUT2D eigenvalue weighted by Gasteiger charge is 2.41. The Morgan fingerprint density at radius 3 is 2.70 bits per heavy atom. The molecule has 7 heteroatoms. The number of aliphatic carboxylic acids is 1. The number of carboxylic acid groups (broad SMARTS) is 1. The average molecular weight is 387 g/mol. The molecule has 3 rings (SSSR count). The summed E-state index contributed by atoms with van der Waals surface area (Å²) < 4.78 is 5.51. The van der Waals surface area contributed by atoms with E-state index in [1.807, 2.05) is 0 Å². The molecule has 0 bridgehead atoms. The van der Waals surface area contributed by atoms with Crippen LogP contribution in [0.25, 0.3) is 0 Å². The lowest BCUT2D eigenvalue weighted by molar-refractivity contribution is -0.141. The second-order valence-electron chi connectivity index (χ2n) is 6.26. The first-order valence-electron chi connectivity index (χ1n) is 8.47. The molecule has 0 unspecified atom stereocenters. The van der Waals surface area contributed by atoms with Crippen LogP contribution in [0.15, 0.2) is 55.3 Å². The zero-order valence-corrected chi connectivity index (χ0v) is 15.3. The van der Waals surface area contributed by atoms with Gasteiger partial charge in [-0.05, 0) is 29.8 Å². The van der Waals surface area contributed by atoms with Crippen LogP contribution >= 0.6 is 11.6 Å². The molecular weight excluding hydrogens is 368 g/mol. The molecule has 0 saturated carbocycles. The van der Waals surface area contributed by atoms with E-state index in [9.17, 15) is 14.7 Å². The molecule has 1 N–H and O–H groups in total. The quantitative estimate of drug-likeness (QED) is 0.771. The highest BCUT2D eigenvalue weighted by molar-refractivity contribution is 6.30. The summed E-state index contributed by atoms with van der Waals surface area (Å²) in [5, 5.41) is 10.2. The van der Waals surface area contributed by atoms with Crippen molar-refractivity contribution >= 4 is 23.5 Å². The van der Waals surface area contributed by atoms with Crippen LogP contribution in [0.2, 0.25) is 5.02 Å². The van der Waals surface area contributed by atoms with Gasteiger partial charge in [-0.1, -0.05) is 36.4 Å². The molecule has 6 nitrogen and oxygen atoms in total. The van der Waals surface area contributed by atoms with Gasteiger partial charge in [-0.15, -0.1) is 0 Å². The number of amides is 1. The number of likely N-dealkylation sites (tertiary alicyclic amines) is 1. The van der Waals surface area contributed by atoms with Gasteiger partial charge >= 0.3 is 5.97 Å². The van der Waals surface area contributed by atoms with Gasteiger partial charge in [-0.3, -0.25) is 9.59 Å². The molecule has 1 aliphatic heterocycles. The third kappa shape index (κ3) is 4.11. The SMILES string of the molecule is C=CCOc1cccnc1C(=O)N1C[C@@H](C(=O)O)[C@H](c2ccc(Cl)cc2)C1. The van der Waals surface area contributed by atoms with Crippen LogP contribution in [-0.4, -0.2) is 46.6 Å². The van der Waals surface area contributed by atoms with Crippen LogP contribution in [0, 0.1) is 5.92 Å². The smallest absolute Gasteiger partial charge is 0.308 e. The predicted molar refractivity (Wildman–Crippen MR) is 101 cm³/mol. The van der Waals surface area contributed by atoms with Gasteiger partial charge in [0, 0.05) is 30.2 Å². The van der Waals surface area contributed by atoms with E-state index in [0.29, 0.717) is 10.8 Å². The summed E-state index contributed by atoms with van der Waals surface area (Å²) in [7, 11) is 0. The van der Waals surface area contributed by atoms with Crippen LogP contribution in [0.5, 0.6) is 5.75 Å². The molecule has 0 radical (unpaired) electrons. The molecule has 2 aromatic rings. The van der Waals surface area contributed by atoms with E-state index in [-0.39, 0.29) is 37.2 Å². The first-order chi connectivity index (χ1) is 13.0. The highest BCUT2D eigenvalue weighted by atomic mass is 35.5. The van der Waals surface area contributed by atoms with Crippen LogP contribution in [-0.2, 0) is 4.79 Å². The number of carbonyl (C=O) groups excluding carboxylic acids is 1. The second-order valence-corrected chi connectivity index (χ2v) is 6.70. The van der Waals surface area contributed by atoms with Gasteiger partial charge in [0.15, 0.2) is 11.4 Å². The lowest BCUT2D eigenvalue weighted by Crippen LogP contribution is -2.31. The molecule has 1 fully saturated rings. The second kappa shape index (κ2) is 8.22. The summed E-state index contributed by atoms with van der Waals surface area (Å²) in [5.41, 5.74) is 1.01. The average Bonchev–Trinajstić information content (AvgIpc) is 3.12. The van der Waals surface area contributed by atoms with Crippen LogP contribution < -0.4 is 4.74 Å². The van der Waals surface area contributed by atoms with E-state index < -0.39 is 11.9 Å². The topological polar surface area (TPSA) is 79.7 Å². The Kier molecular flexibility index (Phi) is 5.76. The molecule has 0 spiro atoms. The number of hydrogen-bond acceptors (Lipinski definition) is 4. The van der Waals surface area contributed by atoms with Gasteiger partial charge in [0.25, 0.3) is 5.91 Å². The normalized spacial score (nSPS) is 18.9. The van der Waals surface area contributed by atoms with Gasteiger partial charge < -0.3 is 14.7 Å². The largest absolute Gasteiger partial charge is 0.487 e. The molecule has 1 aliphatic rings. The fraction of sp³-hybridized carbons (Fsp3) is 0.250. The summed E-state index contributed by atoms with van der Waals surface area (Å²) in [6.45, 7) is 4.24. The zero-order chi connectivity index (χ0) is 19.4. The van der Waals surface area contributed by atoms with Gasteiger partial charge in [-0.2, -0.15) is 0 Å². The van der Waals surface area contributed by atoms with Gasteiger partial charge in [0.2, 0.25) is 0 Å². The standard InChI is InChI=1S/C20H19ClN2O4/c1-2-10-27-17-4-3-9-22-18(17)19(24)23-11-15(16(12-23)20(25)26)13-5-7-14(21)8-6-13/h2-9,15-16H,1,10-12H2,(H,25,26)/t15-,16+/m0/s1. The predicted octanol–water partition coefficient (Wildman–Crippen LogP) is 3.24. The van der Waals surface area contributed by atoms with Crippen LogP contribution in [0.4, 0.5) is 0 Å². The minimum absolute atomic E-state index is 0.110. The van der Waals surface area contributed by atoms with Crippen molar-refractivity contribution < 1.29 is 19.4 Å². The number of nitrogens with zero attached hydrogens (tertiary/aromatic N) is 2. The Hall–Kier alpha value is -2.86. The van der Waals surface area contributed by atoms with E-state index in [4.69, 9.17) is 16.3 Å². The van der Waals surface area contributed by atoms with Crippen molar-refractivity contribution in [2.75, 3.05) is 19.7 Å². The lowest BCUT2D eigenvalue weighted by Gasteiger charge is -2.17. The fourth-order valence-corrected chi connectivity index (χ4v) is 3.36. The molecule has 0 aliphatic carbocycles. The number of rotatable bonds is 6. The molecule has 1 aromatic carbocycles. The summed E-state index contributed by atoms with van der Waals surface area (Å²) in [4.78, 5) is 30.4. The lowest BCUT2D eigenvalue weighted by atomic mass is 9.89. The van der Waals surface area contributed by atoms with Crippen molar-refractivity contribution in [1.82, 2.24) is 9.88 Å². The van der Waals surface area contributed by atoms with Crippen molar-refractivity contribution in [3.05, 3.63) is 71.5 Å². The molecule has 1 aromatic heterocycles. The van der Waals surface area contributed by atoms with Gasteiger partial charge in [0.05, 0.1) is 5.92 Å². The number of carbonyl (C=O) groups is 2. The monoisotopic (exact) mass is 386 g/mol. The van der Waals surface area contributed by atoms with E-state index in [1.165, 1.54) is 11.1 Å². The van der Waals surface area contributed by atoms with Gasteiger partial charge in [-0.25, -0.2) is 4.98 Å². The maximum absolute atomic E-state index is 13.0. The molecular formula is C20H19ClN2O4. The van der Waals surface area contributed by atoms with E-state index in [0.717, 1.165) is 5.56 Å². The maximum atomic E-state index is 13.0. The first kappa shape index (κ1) is 18.9. The van der Waals surface area contributed by atoms with Crippen molar-refractivity contribution in [3.8, 4) is 5.75 Å². The number of hydrogen-bond donors (Lipinski definition) is 1. The number of halogens is 1. The third-order valence-electron chi connectivity index (χ3n) is 4.55. The molecule has 27 heavy (non-hydrogen) atoms. The minimum atomic E-state index is -0.936. The Labute approximate surface area is 162 Å². The molecule has 2 heterocycles. The zero-order valence-electron chi connectivity index (χ0n) is 14.5. The van der Waals surface area contributed by atoms with Crippen LogP contribution in [0.3, 0.4) is 0 Å². The molecule has 1 saturated heterocycles. The van der Waals surface area contributed by atoms with E-state index >= 15 is 0 Å². The van der Waals surface area contributed by atoms with Crippen molar-refractivity contribution in [2.45, 2.75) is 5.92 Å². The number of ether oxygens (including phenoxy) is 1. The van der Waals surface area contributed by atoms with Crippen molar-refractivity contribution in [3.63, 3.8) is 0 Å². The molecule has 1 amide bonds. The Balaban J connectivity index is 1.85. The molecule has 140 valence electrons. The summed E-state index contributed by atoms with van der Waals surface area (Å²) in [5.74, 6) is -1.95. The third-order valence-corrected chi connectivity index (χ3v) is 4.80. The van der Waals surface area contributed by atoms with Gasteiger partial charge in [0.1, 0.15) is 6.61 Å². The summed E-state index contributed by atoms with van der Waals surface area (Å²) >= 11 is 5.93. The maximum Gasteiger partial charge on any atom is 0.308 e. The fourth-order valence-electron chi connectivity index (χ4n) is 3.23. The Bertz CT molecular complexity index is 853. The van der Waals surface area contributed by atoms with Crippen LogP contribution in [0.1, 0.15) is 22.0 Å². The highest BCUT2D eigenvalue weighted by Crippen LogP contribution is 2.34. The minimum Gasteiger partial charge on any atom is -0.487 e. The van der Waals surface area contributed by atoms with E-state index in [2.05, 4.69) is 11.6 Å². The molecule has 2 atom stereocenters. The number of carboxylic acids is 1. The number of aromatic nitrogens is 1. The Morgan fingerprint density at radius 1 is 1.30 bits per heavy atom. The van der Waals surface area contributed by atoms with Crippen molar-refractivity contribution in [2.24, 2.45) is 5.92 Å². The Morgan fingerprint density at radius 2 is 2.04 bits per heavy atom. The summed E-state index contributed by atoms with van der Waals surface area (Å²) in [6, 6.07) is 10.4.